The van der Waals surface area contributed by atoms with Crippen LogP contribution in [0.4, 0.5) is 4.39 Å². The predicted octanol–water partition coefficient (Wildman–Crippen LogP) is -0.854. The van der Waals surface area contributed by atoms with Gasteiger partial charge in [-0.15, -0.1) is 0 Å². The Hall–Kier alpha value is -1.73. The smallest absolute Gasteiger partial charge is 0.403 e. The fraction of sp³-hybridized carbons (Fsp3) is 0.474. The Kier molecular flexibility index (Phi) is 6.33. The van der Waals surface area contributed by atoms with Crippen molar-refractivity contribution in [2.24, 2.45) is 0 Å². The van der Waals surface area contributed by atoms with Gasteiger partial charge >= 0.3 is 13.5 Å². The van der Waals surface area contributed by atoms with Gasteiger partial charge in [0.25, 0.3) is 5.85 Å². The SMILES string of the molecule is BC(B)(OP1(=O)OCc2cc(C)cc(C)c2O1)[C@@]1(F)O[C@@](B)(n2cc(C)c(=S)[nH]c2=O)[C@H](O)[C@@H]1O. The molecular weight excluding hydrogens is 499 g/mol. The minimum absolute atomic E-state index is 0.105. The van der Waals surface area contributed by atoms with Gasteiger partial charge in [0.1, 0.15) is 43.9 Å². The van der Waals surface area contributed by atoms with E-state index in [0.29, 0.717) is 22.4 Å². The highest BCUT2D eigenvalue weighted by Crippen LogP contribution is 2.59. The van der Waals surface area contributed by atoms with Gasteiger partial charge in [-0.05, 0) is 26.3 Å². The number of hydrogen-bond acceptors (Lipinski definition) is 9. The van der Waals surface area contributed by atoms with Crippen molar-refractivity contribution in [2.75, 3.05) is 0 Å². The van der Waals surface area contributed by atoms with E-state index < -0.39 is 42.6 Å². The van der Waals surface area contributed by atoms with Crippen LogP contribution in [0.2, 0.25) is 0 Å². The summed E-state index contributed by atoms with van der Waals surface area (Å²) in [5, 5.41) is 19.4. The van der Waals surface area contributed by atoms with Gasteiger partial charge in [-0.3, -0.25) is 18.6 Å². The van der Waals surface area contributed by atoms with Crippen LogP contribution >= 0.6 is 20.0 Å². The number of phosphoric ester groups is 1. The number of aliphatic hydroxyl groups excluding tert-OH is 2. The van der Waals surface area contributed by atoms with Gasteiger partial charge in [-0.1, -0.05) is 29.9 Å². The molecule has 3 N–H and O–H groups in total. The zero-order valence-corrected chi connectivity index (χ0v) is 21.8. The number of ether oxygens (including phenoxy) is 1. The molecule has 0 aliphatic carbocycles. The Morgan fingerprint density at radius 3 is 2.60 bits per heavy atom. The lowest BCUT2D eigenvalue weighted by Gasteiger charge is -2.41. The summed E-state index contributed by atoms with van der Waals surface area (Å²) in [5.74, 6) is -2.85. The Morgan fingerprint density at radius 2 is 1.94 bits per heavy atom. The maximum absolute atomic E-state index is 16.4. The second kappa shape index (κ2) is 8.41. The predicted molar refractivity (Wildman–Crippen MR) is 134 cm³/mol. The summed E-state index contributed by atoms with van der Waals surface area (Å²) in [6.45, 7) is 5.16. The van der Waals surface area contributed by atoms with E-state index in [9.17, 15) is 19.6 Å². The third-order valence-electron chi connectivity index (χ3n) is 6.42. The van der Waals surface area contributed by atoms with Gasteiger partial charge in [0.05, 0.1) is 12.0 Å². The van der Waals surface area contributed by atoms with E-state index in [4.69, 9.17) is 30.5 Å². The van der Waals surface area contributed by atoms with E-state index in [2.05, 4.69) is 4.98 Å². The number of rotatable bonds is 4. The number of hydrogen-bond donors (Lipinski definition) is 3. The van der Waals surface area contributed by atoms with Crippen LogP contribution in [0, 0.1) is 25.4 Å². The summed E-state index contributed by atoms with van der Waals surface area (Å²) < 4.78 is 52.9. The van der Waals surface area contributed by atoms with Crippen molar-refractivity contribution in [2.45, 2.75) is 56.5 Å². The quantitative estimate of drug-likeness (QED) is 0.266. The van der Waals surface area contributed by atoms with E-state index in [1.807, 2.05) is 19.1 Å². The molecule has 2 aliphatic rings. The van der Waals surface area contributed by atoms with Crippen LogP contribution in [0.25, 0.3) is 0 Å². The number of aromatic amines is 1. The average Bonchev–Trinajstić information content (AvgIpc) is 2.93. The number of fused-ring (bicyclic) bond motifs is 1. The number of aryl methyl sites for hydroxylation is 3. The molecule has 0 amide bonds. The molecule has 2 aliphatic heterocycles. The lowest BCUT2D eigenvalue weighted by molar-refractivity contribution is -0.240. The third-order valence-corrected chi connectivity index (χ3v) is 8.38. The third kappa shape index (κ3) is 4.17. The monoisotopic (exact) mass is 524 g/mol. The summed E-state index contributed by atoms with van der Waals surface area (Å²) >= 11 is 5.04. The number of nitrogens with one attached hydrogen (secondary N) is 1. The number of halogens is 1. The molecule has 5 atom stereocenters. The number of aliphatic hydroxyl groups is 2. The number of H-pyrrole nitrogens is 1. The van der Waals surface area contributed by atoms with E-state index in [0.717, 1.165) is 10.1 Å². The van der Waals surface area contributed by atoms with Crippen molar-refractivity contribution < 1.29 is 37.5 Å². The molecule has 1 aromatic heterocycles. The maximum Gasteiger partial charge on any atom is 0.529 e. The van der Waals surface area contributed by atoms with Crippen molar-refractivity contribution in [1.29, 1.82) is 0 Å². The van der Waals surface area contributed by atoms with Crippen LogP contribution in [0.3, 0.4) is 0 Å². The molecule has 0 bridgehead atoms. The van der Waals surface area contributed by atoms with Crippen molar-refractivity contribution in [1.82, 2.24) is 9.55 Å². The van der Waals surface area contributed by atoms with Crippen LogP contribution in [0.5, 0.6) is 5.75 Å². The first-order chi connectivity index (χ1) is 16.0. The molecule has 1 fully saturated rings. The van der Waals surface area contributed by atoms with Crippen molar-refractivity contribution in [3.63, 3.8) is 0 Å². The number of phosphoric acid groups is 1. The largest absolute Gasteiger partial charge is 0.529 e. The van der Waals surface area contributed by atoms with E-state index in [-0.39, 0.29) is 11.2 Å². The summed E-state index contributed by atoms with van der Waals surface area (Å²) in [6.07, 6.45) is -2.84. The van der Waals surface area contributed by atoms with Gasteiger partial charge in [-0.2, -0.15) is 0 Å². The lowest BCUT2D eigenvalue weighted by Crippen LogP contribution is -2.60. The zero-order chi connectivity index (χ0) is 26.1. The Bertz CT molecular complexity index is 1370. The minimum Gasteiger partial charge on any atom is -0.403 e. The van der Waals surface area contributed by atoms with Gasteiger partial charge in [0.15, 0.2) is 7.85 Å². The minimum atomic E-state index is -4.39. The Morgan fingerprint density at radius 1 is 1.29 bits per heavy atom. The van der Waals surface area contributed by atoms with Gasteiger partial charge in [-0.25, -0.2) is 13.8 Å². The molecule has 16 heteroatoms. The molecule has 1 saturated heterocycles. The number of nitrogens with zero attached hydrogens (tertiary/aromatic N) is 1. The molecule has 10 nitrogen and oxygen atoms in total. The molecule has 2 aromatic rings. The van der Waals surface area contributed by atoms with Gasteiger partial charge in [0.2, 0.25) is 0 Å². The molecule has 4 rings (SSSR count). The van der Waals surface area contributed by atoms with E-state index >= 15 is 4.39 Å². The molecule has 1 unspecified atom stereocenters. The molecule has 1 aromatic carbocycles. The normalized spacial score (nSPS) is 32.7. The Labute approximate surface area is 208 Å². The number of alkyl halides is 1. The Balaban J connectivity index is 1.68. The molecular formula is C19H25B3FN2O8PS. The average molecular weight is 524 g/mol. The van der Waals surface area contributed by atoms with Gasteiger partial charge in [0, 0.05) is 17.3 Å². The highest BCUT2D eigenvalue weighted by molar-refractivity contribution is 7.71. The molecule has 3 heterocycles. The molecule has 186 valence electrons. The first-order valence-electron chi connectivity index (χ1n) is 10.9. The lowest BCUT2D eigenvalue weighted by atomic mass is 9.59. The fourth-order valence-corrected chi connectivity index (χ4v) is 6.19. The molecule has 0 saturated carbocycles. The molecule has 0 spiro atoms. The fourth-order valence-electron chi connectivity index (χ4n) is 4.44. The second-order valence-corrected chi connectivity index (χ2v) is 11.5. The number of benzene rings is 1. The number of aromatic nitrogens is 2. The summed E-state index contributed by atoms with van der Waals surface area (Å²) in [6, 6.07) is 3.64. The van der Waals surface area contributed by atoms with E-state index in [1.165, 1.54) is 29.7 Å². The van der Waals surface area contributed by atoms with Gasteiger partial charge < -0.3 is 19.5 Å². The topological polar surface area (TPSA) is 132 Å². The summed E-state index contributed by atoms with van der Waals surface area (Å²) in [7, 11) is -0.816. The van der Waals surface area contributed by atoms with Crippen molar-refractivity contribution in [3.8, 4) is 5.75 Å². The van der Waals surface area contributed by atoms with Crippen LogP contribution in [-0.2, 0) is 30.6 Å². The van der Waals surface area contributed by atoms with Crippen molar-refractivity contribution >= 4 is 43.6 Å². The highest BCUT2D eigenvalue weighted by Gasteiger charge is 2.69. The highest BCUT2D eigenvalue weighted by atomic mass is 32.1. The van der Waals surface area contributed by atoms with Crippen LogP contribution in [0.15, 0.2) is 23.1 Å². The molecule has 0 radical (unpaired) electrons. The summed E-state index contributed by atoms with van der Waals surface area (Å²) in [4.78, 5) is 15.0. The van der Waals surface area contributed by atoms with E-state index in [1.54, 1.807) is 13.8 Å². The standard InChI is InChI=1S/C19H25B3FN2O8PS/c1-8-4-9(2)12-11(5-8)7-30-34(29,31-12)33-19(21,22)17(23)13(26)14(27)18(20,32-17)25-6-10(3)15(35)24-16(25)28/h4-6,13-14,26-27H,7,20-22H2,1-3H3,(H,24,28,35)/t13-,14+,17-,18-,34?/m0/s1. The first kappa shape index (κ1) is 26.3. The molecule has 35 heavy (non-hydrogen) atoms. The summed E-state index contributed by atoms with van der Waals surface area (Å²) in [5.41, 5.74) is -0.101. The van der Waals surface area contributed by atoms with Crippen LogP contribution in [0.1, 0.15) is 22.3 Å². The maximum atomic E-state index is 16.4. The van der Waals surface area contributed by atoms with Crippen LogP contribution < -0.4 is 10.2 Å². The first-order valence-corrected chi connectivity index (χ1v) is 12.7. The van der Waals surface area contributed by atoms with Crippen LogP contribution in [-0.4, -0.2) is 66.8 Å². The zero-order valence-electron chi connectivity index (χ0n) is 20.1. The van der Waals surface area contributed by atoms with Crippen molar-refractivity contribution in [3.05, 3.63) is 55.7 Å². The second-order valence-electron chi connectivity index (χ2n) is 9.62.